The van der Waals surface area contributed by atoms with Crippen LogP contribution in [-0.4, -0.2) is 23.6 Å². The van der Waals surface area contributed by atoms with Crippen molar-refractivity contribution in [3.05, 3.63) is 11.9 Å². The van der Waals surface area contributed by atoms with Gasteiger partial charge in [0.25, 0.3) is 0 Å². The summed E-state index contributed by atoms with van der Waals surface area (Å²) in [5.74, 6) is 2.64. The van der Waals surface area contributed by atoms with Crippen LogP contribution in [0.2, 0.25) is 0 Å². The van der Waals surface area contributed by atoms with Gasteiger partial charge in [-0.3, -0.25) is 0 Å². The van der Waals surface area contributed by atoms with Gasteiger partial charge in [0.2, 0.25) is 5.88 Å². The van der Waals surface area contributed by atoms with Crippen LogP contribution >= 0.6 is 0 Å². The Bertz CT molecular complexity index is 380. The first-order chi connectivity index (χ1) is 9.67. The molecule has 0 aliphatic carbocycles. The third-order valence-corrected chi connectivity index (χ3v) is 3.24. The van der Waals surface area contributed by atoms with Crippen LogP contribution in [0.4, 0.5) is 5.82 Å². The van der Waals surface area contributed by atoms with Gasteiger partial charge in [-0.15, -0.1) is 0 Å². The van der Waals surface area contributed by atoms with E-state index >= 15 is 0 Å². The van der Waals surface area contributed by atoms with E-state index in [0.29, 0.717) is 11.8 Å². The fourth-order valence-electron chi connectivity index (χ4n) is 1.96. The molecule has 0 radical (unpaired) electrons. The van der Waals surface area contributed by atoms with Crippen molar-refractivity contribution >= 4 is 5.82 Å². The van der Waals surface area contributed by atoms with Gasteiger partial charge in [-0.2, -0.15) is 4.98 Å². The summed E-state index contributed by atoms with van der Waals surface area (Å²) in [6, 6.07) is 1.86. The predicted octanol–water partition coefficient (Wildman–Crippen LogP) is 4.38. The molecule has 0 spiro atoms. The Balaban J connectivity index is 2.37. The molecule has 0 saturated heterocycles. The van der Waals surface area contributed by atoms with Crippen molar-refractivity contribution in [3.8, 4) is 5.88 Å². The number of aromatic nitrogens is 2. The van der Waals surface area contributed by atoms with Gasteiger partial charge in [-0.1, -0.05) is 52.9 Å². The van der Waals surface area contributed by atoms with E-state index in [1.54, 1.807) is 0 Å². The Labute approximate surface area is 123 Å². The number of hydrogen-bond acceptors (Lipinski definition) is 4. The highest BCUT2D eigenvalue weighted by Gasteiger charge is 2.08. The summed E-state index contributed by atoms with van der Waals surface area (Å²) in [6.07, 6.45) is 7.62. The summed E-state index contributed by atoms with van der Waals surface area (Å²) < 4.78 is 5.75. The second kappa shape index (κ2) is 9.56. The average molecular weight is 279 g/mol. The average Bonchev–Trinajstić information content (AvgIpc) is 2.46. The number of anilines is 1. The number of nitrogens with one attached hydrogen (secondary N) is 1. The molecular formula is C16H29N3O. The minimum absolute atomic E-state index is 0.305. The van der Waals surface area contributed by atoms with Crippen LogP contribution in [0.5, 0.6) is 5.88 Å². The Morgan fingerprint density at radius 3 is 2.45 bits per heavy atom. The molecule has 1 aromatic rings. The van der Waals surface area contributed by atoms with E-state index in [0.717, 1.165) is 24.7 Å². The first kappa shape index (κ1) is 16.7. The van der Waals surface area contributed by atoms with Crippen LogP contribution in [-0.2, 0) is 0 Å². The largest absolute Gasteiger partial charge is 0.478 e. The highest BCUT2D eigenvalue weighted by Crippen LogP contribution is 2.18. The molecule has 0 amide bonds. The van der Waals surface area contributed by atoms with E-state index in [1.165, 1.54) is 32.1 Å². The van der Waals surface area contributed by atoms with Gasteiger partial charge in [-0.25, -0.2) is 4.98 Å². The van der Waals surface area contributed by atoms with Gasteiger partial charge in [0.15, 0.2) is 0 Å². The molecule has 20 heavy (non-hydrogen) atoms. The first-order valence-corrected chi connectivity index (χ1v) is 7.87. The Hall–Kier alpha value is -1.32. The summed E-state index contributed by atoms with van der Waals surface area (Å²) in [6.45, 7) is 7.16. The molecule has 0 aliphatic heterocycles. The molecular weight excluding hydrogens is 250 g/mol. The lowest BCUT2D eigenvalue weighted by molar-refractivity contribution is 0.291. The smallest absolute Gasteiger partial charge is 0.218 e. The van der Waals surface area contributed by atoms with Gasteiger partial charge in [-0.05, 0) is 6.42 Å². The maximum atomic E-state index is 5.75. The second-order valence-corrected chi connectivity index (χ2v) is 5.47. The minimum atomic E-state index is 0.305. The Morgan fingerprint density at radius 2 is 1.80 bits per heavy atom. The van der Waals surface area contributed by atoms with Gasteiger partial charge in [0.05, 0.1) is 6.61 Å². The quantitative estimate of drug-likeness (QED) is 0.646. The monoisotopic (exact) mass is 279 g/mol. The summed E-state index contributed by atoms with van der Waals surface area (Å²) in [7, 11) is 1.87. The fraction of sp³-hybridized carbons (Fsp3) is 0.750. The zero-order valence-electron chi connectivity index (χ0n) is 13.4. The van der Waals surface area contributed by atoms with Crippen LogP contribution in [0.25, 0.3) is 0 Å². The molecule has 1 aromatic heterocycles. The third-order valence-electron chi connectivity index (χ3n) is 3.24. The van der Waals surface area contributed by atoms with Crippen LogP contribution < -0.4 is 10.1 Å². The first-order valence-electron chi connectivity index (χ1n) is 7.87. The van der Waals surface area contributed by atoms with Crippen molar-refractivity contribution in [2.75, 3.05) is 19.0 Å². The summed E-state index contributed by atoms with van der Waals surface area (Å²) in [5.41, 5.74) is 0. The van der Waals surface area contributed by atoms with E-state index in [4.69, 9.17) is 4.74 Å². The number of nitrogens with zero attached hydrogens (tertiary/aromatic N) is 2. The lowest BCUT2D eigenvalue weighted by Gasteiger charge is -2.11. The second-order valence-electron chi connectivity index (χ2n) is 5.47. The highest BCUT2D eigenvalue weighted by molar-refractivity contribution is 5.38. The van der Waals surface area contributed by atoms with Crippen molar-refractivity contribution in [1.29, 1.82) is 0 Å². The lowest BCUT2D eigenvalue weighted by Crippen LogP contribution is -2.06. The summed E-state index contributed by atoms with van der Waals surface area (Å²) >= 11 is 0. The highest BCUT2D eigenvalue weighted by atomic mass is 16.5. The van der Waals surface area contributed by atoms with Crippen molar-refractivity contribution in [2.45, 2.75) is 65.2 Å². The molecule has 0 bridgehead atoms. The topological polar surface area (TPSA) is 47.0 Å². The molecule has 0 saturated carbocycles. The maximum Gasteiger partial charge on any atom is 0.218 e. The van der Waals surface area contributed by atoms with Gasteiger partial charge in [0.1, 0.15) is 11.6 Å². The van der Waals surface area contributed by atoms with E-state index in [1.807, 2.05) is 13.1 Å². The molecule has 0 fully saturated rings. The van der Waals surface area contributed by atoms with E-state index in [2.05, 4.69) is 36.1 Å². The fourth-order valence-corrected chi connectivity index (χ4v) is 1.96. The van der Waals surface area contributed by atoms with Gasteiger partial charge in [0, 0.05) is 19.0 Å². The molecule has 1 N–H and O–H groups in total. The zero-order chi connectivity index (χ0) is 14.8. The van der Waals surface area contributed by atoms with Gasteiger partial charge < -0.3 is 10.1 Å². The Kier molecular flexibility index (Phi) is 8.00. The summed E-state index contributed by atoms with van der Waals surface area (Å²) in [5, 5.41) is 3.06. The van der Waals surface area contributed by atoms with Crippen molar-refractivity contribution in [1.82, 2.24) is 9.97 Å². The SMILES string of the molecule is CCCCCCCCOc1cc(NC)nc(C(C)C)n1. The van der Waals surface area contributed by atoms with E-state index in [9.17, 15) is 0 Å². The molecule has 114 valence electrons. The molecule has 1 rings (SSSR count). The van der Waals surface area contributed by atoms with Crippen molar-refractivity contribution < 1.29 is 4.74 Å². The van der Waals surface area contributed by atoms with Crippen molar-refractivity contribution in [3.63, 3.8) is 0 Å². The van der Waals surface area contributed by atoms with Crippen LogP contribution in [0, 0.1) is 0 Å². The predicted molar refractivity (Wildman–Crippen MR) is 84.5 cm³/mol. The molecule has 0 aliphatic rings. The van der Waals surface area contributed by atoms with Crippen LogP contribution in [0.1, 0.15) is 71.0 Å². The molecule has 4 heteroatoms. The number of ether oxygens (including phenoxy) is 1. The molecule has 0 aromatic carbocycles. The standard InChI is InChI=1S/C16H29N3O/c1-5-6-7-8-9-10-11-20-15-12-14(17-4)18-16(19-15)13(2)3/h12-13H,5-11H2,1-4H3,(H,17,18,19). The van der Waals surface area contributed by atoms with Crippen molar-refractivity contribution in [2.24, 2.45) is 0 Å². The van der Waals surface area contributed by atoms with E-state index < -0.39 is 0 Å². The summed E-state index contributed by atoms with van der Waals surface area (Å²) in [4.78, 5) is 8.88. The third kappa shape index (κ3) is 6.22. The Morgan fingerprint density at radius 1 is 1.10 bits per heavy atom. The van der Waals surface area contributed by atoms with E-state index in [-0.39, 0.29) is 0 Å². The molecule has 1 heterocycles. The van der Waals surface area contributed by atoms with Crippen LogP contribution in [0.3, 0.4) is 0 Å². The van der Waals surface area contributed by atoms with Gasteiger partial charge >= 0.3 is 0 Å². The molecule has 0 unspecified atom stereocenters. The number of rotatable bonds is 10. The van der Waals surface area contributed by atoms with Crippen LogP contribution in [0.15, 0.2) is 6.07 Å². The lowest BCUT2D eigenvalue weighted by atomic mass is 10.1. The molecule has 4 nitrogen and oxygen atoms in total. The number of hydrogen-bond donors (Lipinski definition) is 1. The normalized spacial score (nSPS) is 10.8. The minimum Gasteiger partial charge on any atom is -0.478 e. The maximum absolute atomic E-state index is 5.75. The zero-order valence-corrected chi connectivity index (χ0v) is 13.4. The molecule has 0 atom stereocenters. The number of unbranched alkanes of at least 4 members (excludes halogenated alkanes) is 5.